The largest absolute Gasteiger partial charge is 0.508 e. The van der Waals surface area contributed by atoms with Crippen molar-refractivity contribution >= 4 is 23.3 Å². The Labute approximate surface area is 164 Å². The minimum absolute atomic E-state index is 0.0266. The third kappa shape index (κ3) is 4.76. The van der Waals surface area contributed by atoms with Crippen molar-refractivity contribution in [3.63, 3.8) is 0 Å². The van der Waals surface area contributed by atoms with Crippen LogP contribution in [-0.4, -0.2) is 58.0 Å². The summed E-state index contributed by atoms with van der Waals surface area (Å²) in [5, 5.41) is 12.1. The van der Waals surface area contributed by atoms with Crippen molar-refractivity contribution in [1.29, 1.82) is 0 Å². The van der Waals surface area contributed by atoms with Crippen LogP contribution >= 0.6 is 0 Å². The number of phenols is 1. The predicted molar refractivity (Wildman–Crippen MR) is 106 cm³/mol. The molecule has 0 atom stereocenters. The third-order valence-electron chi connectivity index (χ3n) is 4.94. The van der Waals surface area contributed by atoms with Crippen LogP contribution in [0.15, 0.2) is 30.6 Å². The molecule has 2 aromatic rings. The summed E-state index contributed by atoms with van der Waals surface area (Å²) in [5.74, 6) is 0.733. The molecular formula is C20H25N5O3. The van der Waals surface area contributed by atoms with Crippen LogP contribution in [0.2, 0.25) is 0 Å². The van der Waals surface area contributed by atoms with Gasteiger partial charge < -0.3 is 20.2 Å². The molecule has 8 nitrogen and oxygen atoms in total. The van der Waals surface area contributed by atoms with E-state index in [2.05, 4.69) is 20.2 Å². The molecule has 1 aliphatic heterocycles. The SMILES string of the molecule is Cc1ncnc(N2CCN(C(=O)CCC(=O)Nc3cccc(O)c3)CC2)c1C. The van der Waals surface area contributed by atoms with Gasteiger partial charge in [-0.05, 0) is 26.0 Å². The Morgan fingerprint density at radius 1 is 1.11 bits per heavy atom. The molecule has 148 valence electrons. The van der Waals surface area contributed by atoms with Crippen molar-refractivity contribution in [3.8, 4) is 5.75 Å². The number of nitrogens with one attached hydrogen (secondary N) is 1. The number of hydrogen-bond donors (Lipinski definition) is 2. The summed E-state index contributed by atoms with van der Waals surface area (Å²) >= 11 is 0. The van der Waals surface area contributed by atoms with Crippen LogP contribution in [0.1, 0.15) is 24.1 Å². The summed E-state index contributed by atoms with van der Waals surface area (Å²) in [6, 6.07) is 6.34. The normalized spacial score (nSPS) is 14.1. The summed E-state index contributed by atoms with van der Waals surface area (Å²) in [6.07, 6.45) is 1.84. The molecule has 0 spiro atoms. The smallest absolute Gasteiger partial charge is 0.224 e. The minimum atomic E-state index is -0.246. The van der Waals surface area contributed by atoms with Crippen molar-refractivity contribution in [2.24, 2.45) is 0 Å². The van der Waals surface area contributed by atoms with Gasteiger partial charge in [-0.15, -0.1) is 0 Å². The van der Waals surface area contributed by atoms with Crippen molar-refractivity contribution in [2.45, 2.75) is 26.7 Å². The van der Waals surface area contributed by atoms with Gasteiger partial charge in [0.05, 0.1) is 0 Å². The van der Waals surface area contributed by atoms with Crippen LogP contribution in [-0.2, 0) is 9.59 Å². The van der Waals surface area contributed by atoms with E-state index in [9.17, 15) is 14.7 Å². The van der Waals surface area contributed by atoms with Crippen LogP contribution < -0.4 is 10.2 Å². The fraction of sp³-hybridized carbons (Fsp3) is 0.400. The Balaban J connectivity index is 1.46. The highest BCUT2D eigenvalue weighted by molar-refractivity contribution is 5.93. The first kappa shape index (κ1) is 19.6. The average molecular weight is 383 g/mol. The highest BCUT2D eigenvalue weighted by Gasteiger charge is 2.23. The zero-order valence-electron chi connectivity index (χ0n) is 16.2. The molecule has 1 aliphatic rings. The summed E-state index contributed by atoms with van der Waals surface area (Å²) in [6.45, 7) is 6.59. The number of carbonyl (C=O) groups excluding carboxylic acids is 2. The van der Waals surface area contributed by atoms with E-state index in [0.29, 0.717) is 31.9 Å². The van der Waals surface area contributed by atoms with E-state index < -0.39 is 0 Å². The summed E-state index contributed by atoms with van der Waals surface area (Å²) in [7, 11) is 0. The van der Waals surface area contributed by atoms with Gasteiger partial charge in [0.15, 0.2) is 0 Å². The molecule has 1 saturated heterocycles. The first-order valence-corrected chi connectivity index (χ1v) is 9.34. The minimum Gasteiger partial charge on any atom is -0.508 e. The number of amides is 2. The zero-order chi connectivity index (χ0) is 20.1. The van der Waals surface area contributed by atoms with Gasteiger partial charge in [-0.2, -0.15) is 0 Å². The number of rotatable bonds is 5. The number of nitrogens with zero attached hydrogens (tertiary/aromatic N) is 4. The summed E-state index contributed by atoms with van der Waals surface area (Å²) in [5.41, 5.74) is 2.54. The molecule has 0 aliphatic carbocycles. The molecule has 0 bridgehead atoms. The van der Waals surface area contributed by atoms with Gasteiger partial charge in [0.2, 0.25) is 11.8 Å². The first-order valence-electron chi connectivity index (χ1n) is 9.34. The predicted octanol–water partition coefficient (Wildman–Crippen LogP) is 1.87. The van der Waals surface area contributed by atoms with E-state index >= 15 is 0 Å². The van der Waals surface area contributed by atoms with Crippen LogP contribution in [0.4, 0.5) is 11.5 Å². The molecule has 1 aromatic carbocycles. The molecule has 2 amide bonds. The molecule has 0 unspecified atom stereocenters. The van der Waals surface area contributed by atoms with Gasteiger partial charge in [-0.1, -0.05) is 6.07 Å². The van der Waals surface area contributed by atoms with Crippen LogP contribution in [0.5, 0.6) is 5.75 Å². The van der Waals surface area contributed by atoms with Gasteiger partial charge in [0.25, 0.3) is 0 Å². The van der Waals surface area contributed by atoms with Crippen LogP contribution in [0.25, 0.3) is 0 Å². The van der Waals surface area contributed by atoms with E-state index in [1.807, 2.05) is 13.8 Å². The number of aromatic nitrogens is 2. The second kappa shape index (κ2) is 8.69. The second-order valence-electron chi connectivity index (χ2n) is 6.87. The van der Waals surface area contributed by atoms with E-state index in [4.69, 9.17) is 0 Å². The Morgan fingerprint density at radius 2 is 1.86 bits per heavy atom. The van der Waals surface area contributed by atoms with Gasteiger partial charge in [0, 0.05) is 62.0 Å². The van der Waals surface area contributed by atoms with Crippen LogP contribution in [0.3, 0.4) is 0 Å². The van der Waals surface area contributed by atoms with E-state index in [1.54, 1.807) is 23.4 Å². The number of anilines is 2. The van der Waals surface area contributed by atoms with Crippen molar-refractivity contribution < 1.29 is 14.7 Å². The lowest BCUT2D eigenvalue weighted by molar-refractivity contribution is -0.133. The maximum Gasteiger partial charge on any atom is 0.224 e. The number of aryl methyl sites for hydroxylation is 1. The molecule has 2 N–H and O–H groups in total. The van der Waals surface area contributed by atoms with Gasteiger partial charge >= 0.3 is 0 Å². The van der Waals surface area contributed by atoms with Crippen molar-refractivity contribution in [1.82, 2.24) is 14.9 Å². The molecule has 1 aromatic heterocycles. The molecule has 8 heteroatoms. The Hall–Kier alpha value is -3.16. The van der Waals surface area contributed by atoms with Crippen molar-refractivity contribution in [3.05, 3.63) is 41.9 Å². The summed E-state index contributed by atoms with van der Waals surface area (Å²) in [4.78, 5) is 37.0. The fourth-order valence-electron chi connectivity index (χ4n) is 3.20. The zero-order valence-corrected chi connectivity index (χ0v) is 16.2. The van der Waals surface area contributed by atoms with E-state index in [0.717, 1.165) is 17.1 Å². The highest BCUT2D eigenvalue weighted by atomic mass is 16.3. The fourth-order valence-corrected chi connectivity index (χ4v) is 3.20. The molecular weight excluding hydrogens is 358 g/mol. The first-order chi connectivity index (χ1) is 13.4. The molecule has 0 saturated carbocycles. The second-order valence-corrected chi connectivity index (χ2v) is 6.87. The Kier molecular flexibility index (Phi) is 6.08. The van der Waals surface area contributed by atoms with E-state index in [-0.39, 0.29) is 30.4 Å². The number of phenolic OH excluding ortho intramolecular Hbond substituents is 1. The lowest BCUT2D eigenvalue weighted by atomic mass is 10.2. The third-order valence-corrected chi connectivity index (χ3v) is 4.94. The lowest BCUT2D eigenvalue weighted by Crippen LogP contribution is -2.49. The number of benzene rings is 1. The maximum absolute atomic E-state index is 12.4. The highest BCUT2D eigenvalue weighted by Crippen LogP contribution is 2.20. The lowest BCUT2D eigenvalue weighted by Gasteiger charge is -2.36. The van der Waals surface area contributed by atoms with Crippen molar-refractivity contribution in [2.75, 3.05) is 36.4 Å². The van der Waals surface area contributed by atoms with E-state index in [1.165, 1.54) is 12.1 Å². The number of aromatic hydroxyl groups is 1. The molecule has 28 heavy (non-hydrogen) atoms. The summed E-state index contributed by atoms with van der Waals surface area (Å²) < 4.78 is 0. The van der Waals surface area contributed by atoms with Gasteiger partial charge in [0.1, 0.15) is 17.9 Å². The Bertz CT molecular complexity index is 863. The molecule has 3 rings (SSSR count). The Morgan fingerprint density at radius 3 is 2.57 bits per heavy atom. The quantitative estimate of drug-likeness (QED) is 0.818. The standard InChI is InChI=1S/C20H25N5O3/c1-14-15(2)21-13-22-20(14)25-10-8-24(9-11-25)19(28)7-6-18(27)23-16-4-3-5-17(26)12-16/h3-5,12-13,26H,6-11H2,1-2H3,(H,23,27). The monoisotopic (exact) mass is 383 g/mol. The molecule has 1 fully saturated rings. The number of carbonyl (C=O) groups is 2. The van der Waals surface area contributed by atoms with Gasteiger partial charge in [-0.25, -0.2) is 9.97 Å². The number of piperazine rings is 1. The van der Waals surface area contributed by atoms with Gasteiger partial charge in [-0.3, -0.25) is 9.59 Å². The topological polar surface area (TPSA) is 98.7 Å². The average Bonchev–Trinajstić information content (AvgIpc) is 2.68. The maximum atomic E-state index is 12.4. The van der Waals surface area contributed by atoms with Crippen LogP contribution in [0, 0.1) is 13.8 Å². The molecule has 2 heterocycles. The molecule has 0 radical (unpaired) electrons. The number of hydrogen-bond acceptors (Lipinski definition) is 6.